The standard InChI is InChI=1S/C16H15BrN2O2/c1-11(2)16(20)21-15-7-12(6-13(17)8-15)9-19-14-4-3-5-18-10-14/h3-11H,1-2H3. The lowest BCUT2D eigenvalue weighted by atomic mass is 10.2. The van der Waals surface area contributed by atoms with E-state index in [1.54, 1.807) is 44.6 Å². The highest BCUT2D eigenvalue weighted by molar-refractivity contribution is 9.10. The Labute approximate surface area is 132 Å². The van der Waals surface area contributed by atoms with Crippen LogP contribution in [0.25, 0.3) is 0 Å². The quantitative estimate of drug-likeness (QED) is 0.474. The molecule has 4 nitrogen and oxygen atoms in total. The topological polar surface area (TPSA) is 51.5 Å². The van der Waals surface area contributed by atoms with E-state index in [4.69, 9.17) is 4.74 Å². The third-order valence-electron chi connectivity index (χ3n) is 2.59. The highest BCUT2D eigenvalue weighted by Crippen LogP contribution is 2.22. The first-order valence-corrected chi connectivity index (χ1v) is 7.30. The average molecular weight is 347 g/mol. The zero-order valence-electron chi connectivity index (χ0n) is 11.8. The molecule has 0 radical (unpaired) electrons. The Hall–Kier alpha value is -2.01. The summed E-state index contributed by atoms with van der Waals surface area (Å²) in [6.45, 7) is 3.59. The Morgan fingerprint density at radius 1 is 1.38 bits per heavy atom. The van der Waals surface area contributed by atoms with Gasteiger partial charge in [-0.2, -0.15) is 0 Å². The van der Waals surface area contributed by atoms with Crippen molar-refractivity contribution < 1.29 is 9.53 Å². The summed E-state index contributed by atoms with van der Waals surface area (Å²) in [7, 11) is 0. The van der Waals surface area contributed by atoms with Gasteiger partial charge >= 0.3 is 5.97 Å². The van der Waals surface area contributed by atoms with Gasteiger partial charge in [-0.05, 0) is 35.9 Å². The number of aromatic nitrogens is 1. The van der Waals surface area contributed by atoms with Gasteiger partial charge in [0, 0.05) is 16.9 Å². The van der Waals surface area contributed by atoms with E-state index >= 15 is 0 Å². The highest BCUT2D eigenvalue weighted by atomic mass is 79.9. The van der Waals surface area contributed by atoms with Crippen LogP contribution in [0, 0.1) is 5.92 Å². The predicted octanol–water partition coefficient (Wildman–Crippen LogP) is 4.16. The van der Waals surface area contributed by atoms with Gasteiger partial charge in [0.1, 0.15) is 5.75 Å². The molecule has 2 aromatic rings. The summed E-state index contributed by atoms with van der Waals surface area (Å²) in [4.78, 5) is 20.0. The molecule has 0 aliphatic carbocycles. The minimum absolute atomic E-state index is 0.170. The van der Waals surface area contributed by atoms with Gasteiger partial charge in [0.05, 0.1) is 17.8 Å². The summed E-state index contributed by atoms with van der Waals surface area (Å²) in [6, 6.07) is 9.10. The molecule has 0 unspecified atom stereocenters. The molecule has 108 valence electrons. The Kier molecular flexibility index (Phi) is 5.22. The van der Waals surface area contributed by atoms with Gasteiger partial charge in [0.2, 0.25) is 0 Å². The van der Waals surface area contributed by atoms with Crippen LogP contribution in [0.3, 0.4) is 0 Å². The van der Waals surface area contributed by atoms with Gasteiger partial charge in [-0.25, -0.2) is 0 Å². The smallest absolute Gasteiger partial charge is 0.313 e. The third kappa shape index (κ3) is 4.79. The van der Waals surface area contributed by atoms with Gasteiger partial charge in [-0.15, -0.1) is 0 Å². The molecule has 0 bridgehead atoms. The molecule has 0 saturated heterocycles. The third-order valence-corrected chi connectivity index (χ3v) is 3.05. The van der Waals surface area contributed by atoms with E-state index in [1.165, 1.54) is 0 Å². The fraction of sp³-hybridized carbons (Fsp3) is 0.188. The molecule has 1 aromatic carbocycles. The SMILES string of the molecule is CC(C)C(=O)Oc1cc(Br)cc(C=Nc2cccnc2)c1. The molecule has 1 aromatic heterocycles. The van der Waals surface area contributed by atoms with E-state index in [-0.39, 0.29) is 11.9 Å². The van der Waals surface area contributed by atoms with E-state index in [0.29, 0.717) is 5.75 Å². The van der Waals surface area contributed by atoms with Crippen LogP contribution in [0.15, 0.2) is 52.2 Å². The molecule has 0 aliphatic heterocycles. The van der Waals surface area contributed by atoms with Crippen LogP contribution in [0.1, 0.15) is 19.4 Å². The van der Waals surface area contributed by atoms with Crippen molar-refractivity contribution in [3.05, 3.63) is 52.8 Å². The molecule has 0 amide bonds. The van der Waals surface area contributed by atoms with Gasteiger partial charge < -0.3 is 4.74 Å². The highest BCUT2D eigenvalue weighted by Gasteiger charge is 2.10. The van der Waals surface area contributed by atoms with Crippen LogP contribution in [-0.4, -0.2) is 17.2 Å². The monoisotopic (exact) mass is 346 g/mol. The zero-order valence-corrected chi connectivity index (χ0v) is 13.4. The van der Waals surface area contributed by atoms with Crippen molar-refractivity contribution in [2.45, 2.75) is 13.8 Å². The number of rotatable bonds is 4. The molecule has 0 atom stereocenters. The molecule has 1 heterocycles. The van der Waals surface area contributed by atoms with Crippen LogP contribution >= 0.6 is 15.9 Å². The van der Waals surface area contributed by atoms with Crippen molar-refractivity contribution in [3.63, 3.8) is 0 Å². The fourth-order valence-electron chi connectivity index (χ4n) is 1.53. The van der Waals surface area contributed by atoms with Crippen molar-refractivity contribution in [1.29, 1.82) is 0 Å². The molecule has 0 spiro atoms. The lowest BCUT2D eigenvalue weighted by Crippen LogP contribution is -2.14. The first-order valence-electron chi connectivity index (χ1n) is 6.51. The van der Waals surface area contributed by atoms with Gasteiger partial charge in [0.25, 0.3) is 0 Å². The molecule has 0 aliphatic rings. The van der Waals surface area contributed by atoms with Gasteiger partial charge in [0.15, 0.2) is 0 Å². The molecule has 2 rings (SSSR count). The molecule has 21 heavy (non-hydrogen) atoms. The van der Waals surface area contributed by atoms with Crippen molar-refractivity contribution in [2.24, 2.45) is 10.9 Å². The largest absolute Gasteiger partial charge is 0.426 e. The number of nitrogens with zero attached hydrogens (tertiary/aromatic N) is 2. The lowest BCUT2D eigenvalue weighted by Gasteiger charge is -2.07. The Balaban J connectivity index is 2.19. The van der Waals surface area contributed by atoms with E-state index in [1.807, 2.05) is 18.2 Å². The Morgan fingerprint density at radius 2 is 2.19 bits per heavy atom. The first kappa shape index (κ1) is 15.4. The number of carbonyl (C=O) groups excluding carboxylic acids is 1. The number of aliphatic imine (C=N–C) groups is 1. The summed E-state index contributed by atoms with van der Waals surface area (Å²) >= 11 is 3.40. The maximum absolute atomic E-state index is 11.6. The molecular formula is C16H15BrN2O2. The normalized spacial score (nSPS) is 11.0. The number of hydrogen-bond acceptors (Lipinski definition) is 4. The maximum atomic E-state index is 11.6. The predicted molar refractivity (Wildman–Crippen MR) is 86.1 cm³/mol. The summed E-state index contributed by atoms with van der Waals surface area (Å²) < 4.78 is 6.13. The van der Waals surface area contributed by atoms with Crippen molar-refractivity contribution in [1.82, 2.24) is 4.98 Å². The average Bonchev–Trinajstić information content (AvgIpc) is 2.45. The van der Waals surface area contributed by atoms with Crippen molar-refractivity contribution in [3.8, 4) is 5.75 Å². The Bertz CT molecular complexity index is 655. The minimum Gasteiger partial charge on any atom is -0.426 e. The van der Waals surface area contributed by atoms with Crippen molar-refractivity contribution in [2.75, 3.05) is 0 Å². The first-order chi connectivity index (χ1) is 10.0. The summed E-state index contributed by atoms with van der Waals surface area (Å²) in [6.07, 6.45) is 5.07. The summed E-state index contributed by atoms with van der Waals surface area (Å²) in [5, 5.41) is 0. The maximum Gasteiger partial charge on any atom is 0.313 e. The second kappa shape index (κ2) is 7.13. The minimum atomic E-state index is -0.261. The van der Waals surface area contributed by atoms with Crippen LogP contribution in [-0.2, 0) is 4.79 Å². The van der Waals surface area contributed by atoms with Crippen LogP contribution in [0.5, 0.6) is 5.75 Å². The summed E-state index contributed by atoms with van der Waals surface area (Å²) in [5.74, 6) is 0.0652. The fourth-order valence-corrected chi connectivity index (χ4v) is 2.02. The molecule has 0 saturated carbocycles. The summed E-state index contributed by atoms with van der Waals surface area (Å²) in [5.41, 5.74) is 1.60. The number of pyridine rings is 1. The van der Waals surface area contributed by atoms with E-state index in [0.717, 1.165) is 15.7 Å². The van der Waals surface area contributed by atoms with Crippen molar-refractivity contribution >= 4 is 33.8 Å². The van der Waals surface area contributed by atoms with Crippen LogP contribution in [0.4, 0.5) is 5.69 Å². The van der Waals surface area contributed by atoms with E-state index in [9.17, 15) is 4.79 Å². The number of benzene rings is 1. The Morgan fingerprint density at radius 3 is 2.86 bits per heavy atom. The number of hydrogen-bond donors (Lipinski definition) is 0. The number of esters is 1. The van der Waals surface area contributed by atoms with E-state index in [2.05, 4.69) is 25.9 Å². The van der Waals surface area contributed by atoms with Crippen LogP contribution in [0.2, 0.25) is 0 Å². The molecule has 0 fully saturated rings. The molecular weight excluding hydrogens is 332 g/mol. The zero-order chi connectivity index (χ0) is 15.2. The molecule has 5 heteroatoms. The number of halogens is 1. The second-order valence-corrected chi connectivity index (χ2v) is 5.68. The van der Waals surface area contributed by atoms with Gasteiger partial charge in [-0.1, -0.05) is 29.8 Å². The van der Waals surface area contributed by atoms with Gasteiger partial charge in [-0.3, -0.25) is 14.8 Å². The number of carbonyl (C=O) groups is 1. The van der Waals surface area contributed by atoms with Crippen LogP contribution < -0.4 is 4.74 Å². The van der Waals surface area contributed by atoms with E-state index < -0.39 is 0 Å². The molecule has 0 N–H and O–H groups in total. The number of ether oxygens (including phenoxy) is 1. The second-order valence-electron chi connectivity index (χ2n) is 4.77. The lowest BCUT2D eigenvalue weighted by molar-refractivity contribution is -0.137.